The molecule has 0 spiro atoms. The second-order valence-electron chi connectivity index (χ2n) is 4.27. The lowest BCUT2D eigenvalue weighted by Crippen LogP contribution is -2.47. The van der Waals surface area contributed by atoms with Gasteiger partial charge >= 0.3 is 0 Å². The Balaban J connectivity index is 1.90. The smallest absolute Gasteiger partial charge is 0.267 e. The zero-order valence-corrected chi connectivity index (χ0v) is 9.03. The van der Waals surface area contributed by atoms with Crippen LogP contribution in [0.4, 0.5) is 0 Å². The molecule has 2 amide bonds. The number of hydrogen-bond donors (Lipinski definition) is 3. The van der Waals surface area contributed by atoms with Gasteiger partial charge < -0.3 is 11.1 Å². The number of amides is 2. The highest BCUT2D eigenvalue weighted by Gasteiger charge is 2.27. The lowest BCUT2D eigenvalue weighted by Gasteiger charge is -2.18. The fourth-order valence-corrected chi connectivity index (χ4v) is 2.06. The molecule has 4 N–H and O–H groups in total. The van der Waals surface area contributed by atoms with Crippen molar-refractivity contribution >= 4 is 17.5 Å². The molecule has 0 saturated heterocycles. The Labute approximate surface area is 93.6 Å². The minimum absolute atomic E-state index is 0.0442. The molecular formula is C10H16N4O2. The molecule has 0 bridgehead atoms. The highest BCUT2D eigenvalue weighted by Crippen LogP contribution is 2.17. The zero-order chi connectivity index (χ0) is 11.5. The topological polar surface area (TPSA) is 96.6 Å². The summed E-state index contributed by atoms with van der Waals surface area (Å²) >= 11 is 0. The van der Waals surface area contributed by atoms with E-state index in [0.29, 0.717) is 18.6 Å². The summed E-state index contributed by atoms with van der Waals surface area (Å²) in [5.41, 5.74) is 8.55. The number of nitrogens with one attached hydrogen (secondary N) is 2. The van der Waals surface area contributed by atoms with E-state index in [-0.39, 0.29) is 23.9 Å². The molecule has 88 valence electrons. The van der Waals surface area contributed by atoms with E-state index in [4.69, 9.17) is 5.73 Å². The summed E-state index contributed by atoms with van der Waals surface area (Å²) in [6.07, 6.45) is 3.65. The molecule has 1 fully saturated rings. The van der Waals surface area contributed by atoms with Crippen molar-refractivity contribution in [1.29, 1.82) is 0 Å². The van der Waals surface area contributed by atoms with Gasteiger partial charge in [0.25, 0.3) is 5.91 Å². The average molecular weight is 224 g/mol. The summed E-state index contributed by atoms with van der Waals surface area (Å²) in [7, 11) is 0. The molecule has 0 aromatic carbocycles. The molecule has 1 aliphatic heterocycles. The summed E-state index contributed by atoms with van der Waals surface area (Å²) in [5.74, 6) is -0.350. The second kappa shape index (κ2) is 4.61. The van der Waals surface area contributed by atoms with E-state index in [1.807, 2.05) is 0 Å². The fraction of sp³-hybridized carbons (Fsp3) is 0.700. The van der Waals surface area contributed by atoms with Gasteiger partial charge in [0.1, 0.15) is 5.71 Å². The third-order valence-electron chi connectivity index (χ3n) is 3.05. The summed E-state index contributed by atoms with van der Waals surface area (Å²) in [5, 5.41) is 6.61. The third-order valence-corrected chi connectivity index (χ3v) is 3.05. The van der Waals surface area contributed by atoms with Crippen LogP contribution in [0.25, 0.3) is 0 Å². The summed E-state index contributed by atoms with van der Waals surface area (Å²) in [4.78, 5) is 22.6. The molecule has 6 heteroatoms. The Morgan fingerprint density at radius 3 is 2.81 bits per heavy atom. The van der Waals surface area contributed by atoms with Crippen LogP contribution in [0.5, 0.6) is 0 Å². The number of nitrogens with zero attached hydrogens (tertiary/aromatic N) is 1. The Kier molecular flexibility index (Phi) is 3.19. The van der Waals surface area contributed by atoms with Gasteiger partial charge in [-0.3, -0.25) is 9.59 Å². The molecule has 6 nitrogen and oxygen atoms in total. The van der Waals surface area contributed by atoms with E-state index < -0.39 is 0 Å². The Morgan fingerprint density at radius 1 is 1.44 bits per heavy atom. The van der Waals surface area contributed by atoms with E-state index in [1.54, 1.807) is 0 Å². The molecule has 2 aliphatic rings. The third kappa shape index (κ3) is 2.38. The fourth-order valence-electron chi connectivity index (χ4n) is 2.06. The van der Waals surface area contributed by atoms with Gasteiger partial charge in [-0.1, -0.05) is 0 Å². The van der Waals surface area contributed by atoms with E-state index in [0.717, 1.165) is 19.3 Å². The van der Waals surface area contributed by atoms with Gasteiger partial charge in [-0.25, -0.2) is 5.43 Å². The van der Waals surface area contributed by atoms with Crippen LogP contribution in [0.15, 0.2) is 5.10 Å². The predicted octanol–water partition coefficient (Wildman–Crippen LogP) is -0.752. The van der Waals surface area contributed by atoms with Crippen LogP contribution >= 0.6 is 0 Å². The zero-order valence-electron chi connectivity index (χ0n) is 9.03. The maximum atomic E-state index is 11.8. The van der Waals surface area contributed by atoms with Crippen LogP contribution in [-0.2, 0) is 9.59 Å². The van der Waals surface area contributed by atoms with E-state index in [1.165, 1.54) is 0 Å². The molecule has 2 rings (SSSR count). The van der Waals surface area contributed by atoms with Gasteiger partial charge in [-0.05, 0) is 19.3 Å². The van der Waals surface area contributed by atoms with Crippen molar-refractivity contribution in [3.8, 4) is 0 Å². The van der Waals surface area contributed by atoms with E-state index in [2.05, 4.69) is 15.8 Å². The minimum Gasteiger partial charge on any atom is -0.347 e. The molecule has 0 radical (unpaired) electrons. The monoisotopic (exact) mass is 224 g/mol. The first kappa shape index (κ1) is 11.1. The Hall–Kier alpha value is -1.43. The van der Waals surface area contributed by atoms with Gasteiger partial charge in [-0.15, -0.1) is 0 Å². The van der Waals surface area contributed by atoms with Gasteiger partial charge in [0.05, 0.1) is 0 Å². The summed E-state index contributed by atoms with van der Waals surface area (Å²) < 4.78 is 0. The van der Waals surface area contributed by atoms with Crippen LogP contribution in [0.2, 0.25) is 0 Å². The standard InChI is InChI=1S/C10H16N4O2/c11-6-2-1-3-7(6)12-10(16)8-4-5-9(15)14-13-8/h6-7H,1-5,11H2,(H,12,16)(H,14,15). The molecule has 1 heterocycles. The van der Waals surface area contributed by atoms with Crippen molar-refractivity contribution in [2.75, 3.05) is 0 Å². The van der Waals surface area contributed by atoms with Gasteiger partial charge in [0.2, 0.25) is 5.91 Å². The van der Waals surface area contributed by atoms with Gasteiger partial charge in [0.15, 0.2) is 0 Å². The van der Waals surface area contributed by atoms with Crippen LogP contribution in [0.1, 0.15) is 32.1 Å². The summed E-state index contributed by atoms with van der Waals surface area (Å²) in [6.45, 7) is 0. The molecule has 16 heavy (non-hydrogen) atoms. The largest absolute Gasteiger partial charge is 0.347 e. The van der Waals surface area contributed by atoms with Crippen LogP contribution in [0.3, 0.4) is 0 Å². The SMILES string of the molecule is NC1CCCC1NC(=O)C1=NNC(=O)CC1. The van der Waals surface area contributed by atoms with Crippen molar-refractivity contribution in [3.63, 3.8) is 0 Å². The molecule has 0 aromatic rings. The minimum atomic E-state index is -0.206. The normalized spacial score (nSPS) is 29.6. The molecule has 1 saturated carbocycles. The summed E-state index contributed by atoms with van der Waals surface area (Å²) in [6, 6.07) is 0.0931. The predicted molar refractivity (Wildman–Crippen MR) is 58.6 cm³/mol. The first-order chi connectivity index (χ1) is 7.66. The number of carbonyl (C=O) groups excluding carboxylic acids is 2. The maximum absolute atomic E-state index is 11.8. The molecule has 2 unspecified atom stereocenters. The number of hydrogen-bond acceptors (Lipinski definition) is 4. The van der Waals surface area contributed by atoms with Gasteiger partial charge in [0, 0.05) is 24.9 Å². The lowest BCUT2D eigenvalue weighted by atomic mass is 10.1. The molecule has 2 atom stereocenters. The highest BCUT2D eigenvalue weighted by molar-refractivity contribution is 6.39. The quantitative estimate of drug-likeness (QED) is 0.575. The first-order valence-electron chi connectivity index (χ1n) is 5.58. The van der Waals surface area contributed by atoms with Crippen molar-refractivity contribution in [3.05, 3.63) is 0 Å². The second-order valence-corrected chi connectivity index (χ2v) is 4.27. The molecule has 0 aromatic heterocycles. The number of nitrogens with two attached hydrogens (primary N) is 1. The van der Waals surface area contributed by atoms with Gasteiger partial charge in [-0.2, -0.15) is 5.10 Å². The number of carbonyl (C=O) groups is 2. The molecular weight excluding hydrogens is 208 g/mol. The number of rotatable bonds is 2. The average Bonchev–Trinajstić information content (AvgIpc) is 2.65. The van der Waals surface area contributed by atoms with E-state index in [9.17, 15) is 9.59 Å². The van der Waals surface area contributed by atoms with Crippen LogP contribution in [0, 0.1) is 0 Å². The molecule has 1 aliphatic carbocycles. The number of hydrazone groups is 1. The first-order valence-corrected chi connectivity index (χ1v) is 5.58. The Morgan fingerprint density at radius 2 is 2.25 bits per heavy atom. The van der Waals surface area contributed by atoms with Crippen molar-refractivity contribution in [2.24, 2.45) is 10.8 Å². The Bertz CT molecular complexity index is 340. The van der Waals surface area contributed by atoms with Crippen molar-refractivity contribution in [2.45, 2.75) is 44.2 Å². The maximum Gasteiger partial charge on any atom is 0.267 e. The van der Waals surface area contributed by atoms with Crippen LogP contribution in [-0.4, -0.2) is 29.6 Å². The van der Waals surface area contributed by atoms with Crippen molar-refractivity contribution < 1.29 is 9.59 Å². The lowest BCUT2D eigenvalue weighted by molar-refractivity contribution is -0.121. The van der Waals surface area contributed by atoms with Crippen molar-refractivity contribution in [1.82, 2.24) is 10.7 Å². The highest BCUT2D eigenvalue weighted by atomic mass is 16.2. The van der Waals surface area contributed by atoms with Crippen LogP contribution < -0.4 is 16.5 Å². The van der Waals surface area contributed by atoms with E-state index >= 15 is 0 Å².